The molecule has 1 unspecified atom stereocenters. The summed E-state index contributed by atoms with van der Waals surface area (Å²) in [6, 6.07) is 15.8. The lowest BCUT2D eigenvalue weighted by Gasteiger charge is -2.15. The van der Waals surface area contributed by atoms with E-state index >= 15 is 0 Å². The van der Waals surface area contributed by atoms with Crippen LogP contribution in [-0.2, 0) is 14.3 Å². The summed E-state index contributed by atoms with van der Waals surface area (Å²) in [4.78, 5) is 33.7. The molecule has 0 aromatic heterocycles. The first kappa shape index (κ1) is 18.4. The van der Waals surface area contributed by atoms with Gasteiger partial charge in [-0.1, -0.05) is 48.5 Å². The molecule has 27 heavy (non-hydrogen) atoms. The second-order valence-electron chi connectivity index (χ2n) is 6.34. The number of fused-ring (bicyclic) bond motifs is 3. The van der Waals surface area contributed by atoms with Gasteiger partial charge in [-0.15, -0.1) is 0 Å². The zero-order valence-electron chi connectivity index (χ0n) is 14.4. The monoisotopic (exact) mass is 369 g/mol. The van der Waals surface area contributed by atoms with Crippen LogP contribution >= 0.6 is 0 Å². The molecule has 1 aliphatic rings. The van der Waals surface area contributed by atoms with Crippen LogP contribution in [0.15, 0.2) is 48.5 Å². The minimum Gasteiger partial charge on any atom is -0.481 e. The summed E-state index contributed by atoms with van der Waals surface area (Å²) in [5, 5.41) is 20.1. The van der Waals surface area contributed by atoms with Crippen molar-refractivity contribution in [1.82, 2.24) is 5.32 Å². The number of benzene rings is 2. The van der Waals surface area contributed by atoms with Crippen molar-refractivity contribution in [1.29, 1.82) is 0 Å². The summed E-state index contributed by atoms with van der Waals surface area (Å²) in [7, 11) is 0. The molecule has 1 amide bonds. The molecular weight excluding hydrogens is 350 g/mol. The van der Waals surface area contributed by atoms with Crippen molar-refractivity contribution in [3.8, 4) is 11.1 Å². The van der Waals surface area contributed by atoms with E-state index in [2.05, 4.69) is 5.32 Å². The Morgan fingerprint density at radius 2 is 1.52 bits per heavy atom. The molecule has 0 fully saturated rings. The molecule has 0 aliphatic heterocycles. The van der Waals surface area contributed by atoms with Gasteiger partial charge < -0.3 is 20.3 Å². The van der Waals surface area contributed by atoms with Gasteiger partial charge in [0.25, 0.3) is 0 Å². The molecule has 2 aromatic rings. The first-order valence-corrected chi connectivity index (χ1v) is 8.50. The molecule has 0 saturated heterocycles. The van der Waals surface area contributed by atoms with Gasteiger partial charge in [-0.3, -0.25) is 9.59 Å². The maximum Gasteiger partial charge on any atom is 0.407 e. The Morgan fingerprint density at radius 1 is 0.963 bits per heavy atom. The molecule has 1 atom stereocenters. The molecule has 7 heteroatoms. The van der Waals surface area contributed by atoms with Crippen LogP contribution < -0.4 is 5.32 Å². The van der Waals surface area contributed by atoms with Crippen molar-refractivity contribution >= 4 is 18.0 Å². The van der Waals surface area contributed by atoms with Crippen LogP contribution in [0, 0.1) is 5.92 Å². The van der Waals surface area contributed by atoms with Crippen molar-refractivity contribution in [3.05, 3.63) is 59.7 Å². The summed E-state index contributed by atoms with van der Waals surface area (Å²) in [5.41, 5.74) is 4.35. The third kappa shape index (κ3) is 4.08. The van der Waals surface area contributed by atoms with Gasteiger partial charge in [0.2, 0.25) is 0 Å². The summed E-state index contributed by atoms with van der Waals surface area (Å²) < 4.78 is 5.28. The number of rotatable bonds is 7. The number of amides is 1. The molecule has 3 rings (SSSR count). The maximum atomic E-state index is 12.0. The number of carboxylic acid groups (broad SMARTS) is 2. The van der Waals surface area contributed by atoms with Crippen LogP contribution in [0.3, 0.4) is 0 Å². The van der Waals surface area contributed by atoms with Crippen LogP contribution in [0.25, 0.3) is 11.1 Å². The Morgan fingerprint density at radius 3 is 2.04 bits per heavy atom. The number of nitrogens with one attached hydrogen (secondary N) is 1. The van der Waals surface area contributed by atoms with Crippen LogP contribution in [0.4, 0.5) is 4.79 Å². The van der Waals surface area contributed by atoms with E-state index in [1.807, 2.05) is 48.5 Å². The van der Waals surface area contributed by atoms with Crippen LogP contribution in [0.5, 0.6) is 0 Å². The van der Waals surface area contributed by atoms with Crippen LogP contribution in [0.1, 0.15) is 23.5 Å². The van der Waals surface area contributed by atoms with Crippen LogP contribution in [0.2, 0.25) is 0 Å². The van der Waals surface area contributed by atoms with Crippen molar-refractivity contribution in [3.63, 3.8) is 0 Å². The highest BCUT2D eigenvalue weighted by Gasteiger charge is 2.29. The average molecular weight is 369 g/mol. The van der Waals surface area contributed by atoms with Crippen LogP contribution in [-0.4, -0.2) is 41.4 Å². The van der Waals surface area contributed by atoms with Gasteiger partial charge in [-0.2, -0.15) is 0 Å². The van der Waals surface area contributed by atoms with E-state index in [1.165, 1.54) is 0 Å². The minimum atomic E-state index is -1.28. The zero-order valence-corrected chi connectivity index (χ0v) is 14.4. The number of alkyl carbamates (subject to hydrolysis) is 1. The molecule has 0 radical (unpaired) electrons. The molecule has 0 heterocycles. The van der Waals surface area contributed by atoms with Gasteiger partial charge in [-0.25, -0.2) is 4.79 Å². The van der Waals surface area contributed by atoms with Gasteiger partial charge in [0.05, 0.1) is 12.3 Å². The smallest absolute Gasteiger partial charge is 0.407 e. The Hall–Kier alpha value is -3.35. The van der Waals surface area contributed by atoms with E-state index < -0.39 is 30.4 Å². The Labute approximate surface area is 155 Å². The second kappa shape index (κ2) is 7.90. The highest BCUT2D eigenvalue weighted by atomic mass is 16.5. The number of carbonyl (C=O) groups excluding carboxylic acids is 1. The lowest BCUT2D eigenvalue weighted by molar-refractivity contribution is -0.148. The normalized spacial score (nSPS) is 13.3. The summed E-state index contributed by atoms with van der Waals surface area (Å²) in [6.07, 6.45) is -1.34. The Balaban J connectivity index is 1.62. The average Bonchev–Trinajstić information content (AvgIpc) is 2.97. The highest BCUT2D eigenvalue weighted by molar-refractivity contribution is 5.80. The zero-order chi connectivity index (χ0) is 19.4. The van der Waals surface area contributed by atoms with Gasteiger partial charge in [0.1, 0.15) is 6.61 Å². The predicted molar refractivity (Wildman–Crippen MR) is 96.5 cm³/mol. The number of aliphatic carboxylic acids is 2. The van der Waals surface area contributed by atoms with Crippen molar-refractivity contribution < 1.29 is 29.3 Å². The first-order valence-electron chi connectivity index (χ1n) is 8.50. The fraction of sp³-hybridized carbons (Fsp3) is 0.250. The Kier molecular flexibility index (Phi) is 5.40. The number of hydrogen-bond donors (Lipinski definition) is 3. The SMILES string of the molecule is O=C(O)CC(CNC(=O)OCC1c2ccccc2-c2ccccc21)C(=O)O. The van der Waals surface area contributed by atoms with E-state index in [9.17, 15) is 14.4 Å². The summed E-state index contributed by atoms with van der Waals surface area (Å²) in [5.74, 6) is -3.83. The predicted octanol–water partition coefficient (Wildman–Crippen LogP) is 2.70. The second-order valence-corrected chi connectivity index (χ2v) is 6.34. The quantitative estimate of drug-likeness (QED) is 0.692. The molecule has 1 aliphatic carbocycles. The third-order valence-electron chi connectivity index (χ3n) is 4.61. The lowest BCUT2D eigenvalue weighted by atomic mass is 9.98. The number of hydrogen-bond acceptors (Lipinski definition) is 4. The van der Waals surface area contributed by atoms with Gasteiger partial charge in [-0.05, 0) is 22.3 Å². The van der Waals surface area contributed by atoms with Crippen molar-refractivity contribution in [2.45, 2.75) is 12.3 Å². The number of carbonyl (C=O) groups is 3. The molecule has 3 N–H and O–H groups in total. The standard InChI is InChI=1S/C20H19NO6/c22-18(23)9-12(19(24)25)10-21-20(26)27-11-17-15-7-3-1-5-13(15)14-6-2-4-8-16(14)17/h1-8,12,17H,9-11H2,(H,21,26)(H,22,23)(H,24,25). The van der Waals surface area contributed by atoms with E-state index in [4.69, 9.17) is 14.9 Å². The van der Waals surface area contributed by atoms with Gasteiger partial charge in [0.15, 0.2) is 0 Å². The number of ether oxygens (including phenoxy) is 1. The topological polar surface area (TPSA) is 113 Å². The Bertz CT molecular complexity index is 833. The van der Waals surface area contributed by atoms with Crippen molar-refractivity contribution in [2.75, 3.05) is 13.2 Å². The molecule has 2 aromatic carbocycles. The molecule has 0 bridgehead atoms. The number of carboxylic acids is 2. The lowest BCUT2D eigenvalue weighted by Crippen LogP contribution is -2.35. The summed E-state index contributed by atoms with van der Waals surface area (Å²) >= 11 is 0. The maximum absolute atomic E-state index is 12.0. The highest BCUT2D eigenvalue weighted by Crippen LogP contribution is 2.44. The first-order chi connectivity index (χ1) is 13.0. The molecule has 0 spiro atoms. The van der Waals surface area contributed by atoms with E-state index in [1.54, 1.807) is 0 Å². The van der Waals surface area contributed by atoms with Gasteiger partial charge >= 0.3 is 18.0 Å². The molecular formula is C20H19NO6. The fourth-order valence-corrected chi connectivity index (χ4v) is 3.31. The molecule has 0 saturated carbocycles. The molecule has 7 nitrogen and oxygen atoms in total. The van der Waals surface area contributed by atoms with Crippen molar-refractivity contribution in [2.24, 2.45) is 5.92 Å². The van der Waals surface area contributed by atoms with E-state index in [0.717, 1.165) is 22.3 Å². The minimum absolute atomic E-state index is 0.0996. The summed E-state index contributed by atoms with van der Waals surface area (Å²) in [6.45, 7) is -0.200. The largest absolute Gasteiger partial charge is 0.481 e. The molecule has 140 valence electrons. The third-order valence-corrected chi connectivity index (χ3v) is 4.61. The van der Waals surface area contributed by atoms with E-state index in [0.29, 0.717) is 0 Å². The van der Waals surface area contributed by atoms with Gasteiger partial charge in [0, 0.05) is 12.5 Å². The fourth-order valence-electron chi connectivity index (χ4n) is 3.31. The van der Waals surface area contributed by atoms with E-state index in [-0.39, 0.29) is 19.1 Å².